The van der Waals surface area contributed by atoms with Crippen molar-refractivity contribution < 1.29 is 4.79 Å². The maximum Gasteiger partial charge on any atom is 0.261 e. The smallest absolute Gasteiger partial charge is 0.261 e. The van der Waals surface area contributed by atoms with E-state index in [-0.39, 0.29) is 17.5 Å². The van der Waals surface area contributed by atoms with Gasteiger partial charge in [0.25, 0.3) is 5.56 Å². The van der Waals surface area contributed by atoms with Gasteiger partial charge in [0.05, 0.1) is 16.9 Å². The molecule has 172 valence electrons. The van der Waals surface area contributed by atoms with E-state index in [0.717, 1.165) is 32.2 Å². The van der Waals surface area contributed by atoms with Crippen LogP contribution in [0.5, 0.6) is 0 Å². The molecule has 1 heterocycles. The number of nitrogens with zero attached hydrogens (tertiary/aromatic N) is 4. The summed E-state index contributed by atoms with van der Waals surface area (Å²) in [6, 6.07) is 4.92. The second-order valence-corrected chi connectivity index (χ2v) is 8.74. The Bertz CT molecular complexity index is 926. The molecule has 1 amide bonds. The van der Waals surface area contributed by atoms with Crippen LogP contribution in [0.2, 0.25) is 5.02 Å². The third-order valence-corrected chi connectivity index (χ3v) is 5.91. The normalized spacial score (nSPS) is 12.5. The largest absolute Gasteiger partial charge is 0.331 e. The van der Waals surface area contributed by atoms with E-state index in [1.807, 2.05) is 32.8 Å². The summed E-state index contributed by atoms with van der Waals surface area (Å²) in [5, 5.41) is 1.10. The molecule has 2 rings (SSSR count). The first-order valence-electron chi connectivity index (χ1n) is 11.5. The summed E-state index contributed by atoms with van der Waals surface area (Å²) in [6.45, 7) is 8.02. The van der Waals surface area contributed by atoms with Gasteiger partial charge in [-0.3, -0.25) is 14.2 Å². The molecule has 0 radical (unpaired) electrons. The third kappa shape index (κ3) is 6.53. The summed E-state index contributed by atoms with van der Waals surface area (Å²) >= 11 is 6.17. The number of hydrogen-bond donors (Lipinski definition) is 0. The molecule has 1 atom stereocenters. The van der Waals surface area contributed by atoms with Crippen LogP contribution >= 0.6 is 11.6 Å². The Morgan fingerprint density at radius 3 is 2.48 bits per heavy atom. The standard InChI is InChI=1S/C24H37ClN4O2/c1-6-9-10-11-12-22(30)29(16-15-27(4)5)21(7-2)23-26-20-17-18(25)13-14-19(20)24(31)28(23)8-3/h13-14,17,21H,6-12,15-16H2,1-5H3. The van der Waals surface area contributed by atoms with Gasteiger partial charge in [0.1, 0.15) is 5.82 Å². The summed E-state index contributed by atoms with van der Waals surface area (Å²) in [7, 11) is 4.01. The number of fused-ring (bicyclic) bond motifs is 1. The van der Waals surface area contributed by atoms with Crippen LogP contribution in [0.4, 0.5) is 0 Å². The zero-order valence-corrected chi connectivity index (χ0v) is 20.4. The first kappa shape index (κ1) is 25.3. The second kappa shape index (κ2) is 12.2. The van der Waals surface area contributed by atoms with Crippen molar-refractivity contribution in [1.82, 2.24) is 19.4 Å². The van der Waals surface area contributed by atoms with Crippen LogP contribution in [0, 0.1) is 0 Å². The minimum absolute atomic E-state index is 0.0828. The molecule has 0 N–H and O–H groups in total. The van der Waals surface area contributed by atoms with Crippen molar-refractivity contribution in [2.75, 3.05) is 27.2 Å². The van der Waals surface area contributed by atoms with Gasteiger partial charge in [-0.05, 0) is 52.1 Å². The molecule has 31 heavy (non-hydrogen) atoms. The van der Waals surface area contributed by atoms with Crippen molar-refractivity contribution in [1.29, 1.82) is 0 Å². The Hall–Kier alpha value is -1.92. The highest BCUT2D eigenvalue weighted by atomic mass is 35.5. The lowest BCUT2D eigenvalue weighted by atomic mass is 10.1. The molecule has 1 aromatic heterocycles. The Kier molecular flexibility index (Phi) is 9.97. The molecule has 0 saturated heterocycles. The van der Waals surface area contributed by atoms with Crippen LogP contribution in [0.3, 0.4) is 0 Å². The van der Waals surface area contributed by atoms with E-state index in [2.05, 4.69) is 11.8 Å². The fraction of sp³-hybridized carbons (Fsp3) is 0.625. The van der Waals surface area contributed by atoms with E-state index in [0.29, 0.717) is 47.7 Å². The number of likely N-dealkylation sites (N-methyl/N-ethyl adjacent to an activating group) is 1. The van der Waals surface area contributed by atoms with Crippen molar-refractivity contribution in [2.45, 2.75) is 71.9 Å². The summed E-state index contributed by atoms with van der Waals surface area (Å²) in [5.74, 6) is 0.776. The summed E-state index contributed by atoms with van der Waals surface area (Å²) in [6.07, 6.45) is 5.45. The van der Waals surface area contributed by atoms with E-state index in [1.54, 1.807) is 22.8 Å². The molecule has 2 aromatic rings. The molecule has 0 aliphatic heterocycles. The Morgan fingerprint density at radius 1 is 1.13 bits per heavy atom. The molecule has 0 fully saturated rings. The van der Waals surface area contributed by atoms with Gasteiger partial charge in [-0.25, -0.2) is 4.98 Å². The zero-order chi connectivity index (χ0) is 23.0. The third-order valence-electron chi connectivity index (χ3n) is 5.68. The highest BCUT2D eigenvalue weighted by Gasteiger charge is 2.28. The van der Waals surface area contributed by atoms with Gasteiger partial charge in [0.15, 0.2) is 0 Å². The van der Waals surface area contributed by atoms with Gasteiger partial charge in [0, 0.05) is 31.1 Å². The molecule has 0 aliphatic rings. The lowest BCUT2D eigenvalue weighted by molar-refractivity contribution is -0.134. The fourth-order valence-corrected chi connectivity index (χ4v) is 4.09. The number of hydrogen-bond acceptors (Lipinski definition) is 4. The molecule has 0 aliphatic carbocycles. The molecule has 0 spiro atoms. The van der Waals surface area contributed by atoms with Crippen LogP contribution in [-0.4, -0.2) is 52.4 Å². The topological polar surface area (TPSA) is 58.4 Å². The average molecular weight is 449 g/mol. The maximum absolute atomic E-state index is 13.3. The predicted molar refractivity (Wildman–Crippen MR) is 129 cm³/mol. The van der Waals surface area contributed by atoms with E-state index in [4.69, 9.17) is 16.6 Å². The highest BCUT2D eigenvalue weighted by Crippen LogP contribution is 2.26. The fourth-order valence-electron chi connectivity index (χ4n) is 3.92. The lowest BCUT2D eigenvalue weighted by Gasteiger charge is -2.33. The monoisotopic (exact) mass is 448 g/mol. The van der Waals surface area contributed by atoms with E-state index >= 15 is 0 Å². The second-order valence-electron chi connectivity index (χ2n) is 8.31. The van der Waals surface area contributed by atoms with Gasteiger partial charge in [-0.1, -0.05) is 44.7 Å². The number of carbonyl (C=O) groups is 1. The minimum Gasteiger partial charge on any atom is -0.331 e. The average Bonchev–Trinajstić information content (AvgIpc) is 2.73. The number of benzene rings is 1. The number of unbranched alkanes of at least 4 members (excludes halogenated alkanes) is 3. The van der Waals surface area contributed by atoms with Crippen LogP contribution in [0.15, 0.2) is 23.0 Å². The van der Waals surface area contributed by atoms with E-state index in [1.165, 1.54) is 0 Å². The van der Waals surface area contributed by atoms with Crippen molar-refractivity contribution >= 4 is 28.4 Å². The maximum atomic E-state index is 13.3. The van der Waals surface area contributed by atoms with Gasteiger partial charge >= 0.3 is 0 Å². The Morgan fingerprint density at radius 2 is 1.87 bits per heavy atom. The Balaban J connectivity index is 2.48. The van der Waals surface area contributed by atoms with Gasteiger partial charge in [0.2, 0.25) is 5.91 Å². The van der Waals surface area contributed by atoms with Gasteiger partial charge in [-0.15, -0.1) is 0 Å². The summed E-state index contributed by atoms with van der Waals surface area (Å²) in [4.78, 5) is 35.3. The summed E-state index contributed by atoms with van der Waals surface area (Å²) < 4.78 is 1.71. The molecule has 0 saturated carbocycles. The van der Waals surface area contributed by atoms with Crippen molar-refractivity contribution in [3.8, 4) is 0 Å². The lowest BCUT2D eigenvalue weighted by Crippen LogP contribution is -2.41. The minimum atomic E-state index is -0.255. The van der Waals surface area contributed by atoms with Crippen molar-refractivity contribution in [3.63, 3.8) is 0 Å². The van der Waals surface area contributed by atoms with Crippen molar-refractivity contribution in [3.05, 3.63) is 39.4 Å². The molecule has 7 heteroatoms. The number of carbonyl (C=O) groups excluding carboxylic acids is 1. The number of rotatable bonds is 12. The number of halogens is 1. The van der Waals surface area contributed by atoms with Gasteiger partial charge in [-0.2, -0.15) is 0 Å². The summed E-state index contributed by atoms with van der Waals surface area (Å²) in [5.41, 5.74) is 0.499. The SMILES string of the molecule is CCCCCCC(=O)N(CCN(C)C)C(CC)c1nc2cc(Cl)ccc2c(=O)n1CC. The van der Waals surface area contributed by atoms with Crippen LogP contribution < -0.4 is 5.56 Å². The number of amides is 1. The zero-order valence-electron chi connectivity index (χ0n) is 19.7. The molecule has 6 nitrogen and oxygen atoms in total. The first-order valence-corrected chi connectivity index (χ1v) is 11.9. The molecule has 1 aromatic carbocycles. The van der Waals surface area contributed by atoms with Crippen LogP contribution in [0.25, 0.3) is 10.9 Å². The molecular formula is C24H37ClN4O2. The molecule has 0 bridgehead atoms. The first-order chi connectivity index (χ1) is 14.8. The van der Waals surface area contributed by atoms with Crippen LogP contribution in [-0.2, 0) is 11.3 Å². The predicted octanol–water partition coefficient (Wildman–Crippen LogP) is 4.88. The van der Waals surface area contributed by atoms with Gasteiger partial charge < -0.3 is 9.80 Å². The number of aromatic nitrogens is 2. The highest BCUT2D eigenvalue weighted by molar-refractivity contribution is 6.31. The van der Waals surface area contributed by atoms with E-state index in [9.17, 15) is 9.59 Å². The van der Waals surface area contributed by atoms with Crippen LogP contribution in [0.1, 0.15) is 71.2 Å². The van der Waals surface area contributed by atoms with Crippen molar-refractivity contribution in [2.24, 2.45) is 0 Å². The Labute approximate surface area is 191 Å². The van der Waals surface area contributed by atoms with E-state index < -0.39 is 0 Å². The molecular weight excluding hydrogens is 412 g/mol. The molecule has 1 unspecified atom stereocenters. The quantitative estimate of drug-likeness (QED) is 0.434.